The minimum absolute atomic E-state index is 0. The third-order valence-corrected chi connectivity index (χ3v) is 5.32. The maximum atomic E-state index is 13.4. The molecule has 0 spiro atoms. The topological polar surface area (TPSA) is 55.8 Å². The van der Waals surface area contributed by atoms with Crippen LogP contribution in [-0.4, -0.2) is 55.6 Å². The highest BCUT2D eigenvalue weighted by Gasteiger charge is 2.16. The molecule has 2 aromatic rings. The van der Waals surface area contributed by atoms with Crippen LogP contribution < -0.4 is 15.5 Å². The van der Waals surface area contributed by atoms with Crippen molar-refractivity contribution in [2.75, 3.05) is 44.7 Å². The fraction of sp³-hybridized carbons (Fsp3) is 0.455. The summed E-state index contributed by atoms with van der Waals surface area (Å²) in [6.45, 7) is 10.5. The first-order valence-corrected chi connectivity index (χ1v) is 10.2. The van der Waals surface area contributed by atoms with Crippen LogP contribution in [0.1, 0.15) is 23.6 Å². The minimum atomic E-state index is -0.180. The molecule has 0 aliphatic carbocycles. The zero-order valence-electron chi connectivity index (χ0n) is 18.0. The van der Waals surface area contributed by atoms with E-state index in [0.717, 1.165) is 49.7 Å². The van der Waals surface area contributed by atoms with Gasteiger partial charge < -0.3 is 20.4 Å². The molecule has 0 atom stereocenters. The molecule has 6 nitrogen and oxygen atoms in total. The van der Waals surface area contributed by atoms with E-state index in [2.05, 4.69) is 43.4 Å². The van der Waals surface area contributed by atoms with Crippen LogP contribution in [0.2, 0.25) is 0 Å². The Morgan fingerprint density at radius 2 is 1.73 bits per heavy atom. The van der Waals surface area contributed by atoms with Crippen molar-refractivity contribution in [2.24, 2.45) is 4.99 Å². The molecule has 1 saturated heterocycles. The maximum absolute atomic E-state index is 13.4. The largest absolute Gasteiger partial charge is 0.354 e. The van der Waals surface area contributed by atoms with E-state index in [4.69, 9.17) is 0 Å². The van der Waals surface area contributed by atoms with Crippen molar-refractivity contribution < 1.29 is 4.39 Å². The summed E-state index contributed by atoms with van der Waals surface area (Å²) in [6, 6.07) is 9.31. The first-order chi connectivity index (χ1) is 14.1. The minimum Gasteiger partial charge on any atom is -0.354 e. The van der Waals surface area contributed by atoms with Crippen LogP contribution >= 0.6 is 24.0 Å². The number of hydrogen-bond acceptors (Lipinski definition) is 4. The van der Waals surface area contributed by atoms with Crippen molar-refractivity contribution in [3.05, 3.63) is 59.0 Å². The smallest absolute Gasteiger partial charge is 0.191 e. The maximum Gasteiger partial charge on any atom is 0.191 e. The Hall–Kier alpha value is -1.94. The van der Waals surface area contributed by atoms with Gasteiger partial charge in [0, 0.05) is 52.5 Å². The molecule has 30 heavy (non-hydrogen) atoms. The highest BCUT2D eigenvalue weighted by molar-refractivity contribution is 14.0. The van der Waals surface area contributed by atoms with E-state index in [1.807, 2.05) is 18.3 Å². The highest BCUT2D eigenvalue weighted by atomic mass is 127. The number of rotatable bonds is 6. The number of anilines is 1. The Morgan fingerprint density at radius 1 is 1.07 bits per heavy atom. The number of piperazine rings is 1. The van der Waals surface area contributed by atoms with Crippen molar-refractivity contribution in [3.8, 4) is 0 Å². The molecule has 2 heterocycles. The van der Waals surface area contributed by atoms with Crippen LogP contribution in [0.3, 0.4) is 0 Å². The zero-order chi connectivity index (χ0) is 20.6. The fourth-order valence-corrected chi connectivity index (χ4v) is 3.45. The standard InChI is InChI=1S/C22H31FN6.HI/c1-4-28-9-11-29(12-10-28)21-14-19(7-8-25-21)16-27-22(24-3)26-15-18-5-6-20(23)17(2)13-18;/h5-8,13-14H,4,9-12,15-16H2,1-3H3,(H2,24,26,27);1H. The van der Waals surface area contributed by atoms with Gasteiger partial charge in [-0.1, -0.05) is 19.1 Å². The number of benzene rings is 1. The summed E-state index contributed by atoms with van der Waals surface area (Å²) in [7, 11) is 1.75. The summed E-state index contributed by atoms with van der Waals surface area (Å²) < 4.78 is 13.4. The molecule has 0 radical (unpaired) electrons. The van der Waals surface area contributed by atoms with Crippen molar-refractivity contribution >= 4 is 35.8 Å². The molecule has 0 unspecified atom stereocenters. The van der Waals surface area contributed by atoms with Crippen LogP contribution in [0.25, 0.3) is 0 Å². The second kappa shape index (κ2) is 12.0. The van der Waals surface area contributed by atoms with Crippen LogP contribution in [0.4, 0.5) is 10.2 Å². The van der Waals surface area contributed by atoms with Crippen molar-refractivity contribution in [2.45, 2.75) is 26.9 Å². The first-order valence-electron chi connectivity index (χ1n) is 10.2. The number of guanidine groups is 1. The van der Waals surface area contributed by atoms with Crippen LogP contribution in [0.5, 0.6) is 0 Å². The molecule has 1 fully saturated rings. The van der Waals surface area contributed by atoms with Gasteiger partial charge in [0.1, 0.15) is 11.6 Å². The molecule has 8 heteroatoms. The van der Waals surface area contributed by atoms with Gasteiger partial charge in [-0.3, -0.25) is 4.99 Å². The molecule has 0 amide bonds. The van der Waals surface area contributed by atoms with Gasteiger partial charge >= 0.3 is 0 Å². The Kier molecular flexibility index (Phi) is 9.77. The molecule has 164 valence electrons. The lowest BCUT2D eigenvalue weighted by atomic mass is 10.1. The van der Waals surface area contributed by atoms with Gasteiger partial charge in [0.15, 0.2) is 5.96 Å². The number of nitrogens with zero attached hydrogens (tertiary/aromatic N) is 4. The number of hydrogen-bond donors (Lipinski definition) is 2. The average molecular weight is 526 g/mol. The number of aryl methyl sites for hydroxylation is 1. The average Bonchev–Trinajstić information content (AvgIpc) is 2.76. The van der Waals surface area contributed by atoms with E-state index in [0.29, 0.717) is 24.6 Å². The van der Waals surface area contributed by atoms with Crippen molar-refractivity contribution in [3.63, 3.8) is 0 Å². The molecular weight excluding hydrogens is 494 g/mol. The van der Waals surface area contributed by atoms with Gasteiger partial charge in [0.05, 0.1) is 0 Å². The fourth-order valence-electron chi connectivity index (χ4n) is 3.45. The predicted molar refractivity (Wildman–Crippen MR) is 132 cm³/mol. The third kappa shape index (κ3) is 6.80. The molecule has 1 aromatic heterocycles. The summed E-state index contributed by atoms with van der Waals surface area (Å²) in [5, 5.41) is 6.62. The Bertz CT molecular complexity index is 836. The molecule has 3 rings (SSSR count). The van der Waals surface area contributed by atoms with E-state index in [-0.39, 0.29) is 29.8 Å². The Labute approximate surface area is 196 Å². The van der Waals surface area contributed by atoms with Crippen LogP contribution in [0.15, 0.2) is 41.5 Å². The monoisotopic (exact) mass is 526 g/mol. The molecule has 1 aliphatic rings. The van der Waals surface area contributed by atoms with E-state index in [1.54, 1.807) is 20.0 Å². The summed E-state index contributed by atoms with van der Waals surface area (Å²) in [5.74, 6) is 1.56. The number of nitrogens with one attached hydrogen (secondary N) is 2. The van der Waals surface area contributed by atoms with Gasteiger partial charge in [-0.05, 0) is 48.4 Å². The third-order valence-electron chi connectivity index (χ3n) is 5.32. The predicted octanol–water partition coefficient (Wildman–Crippen LogP) is 3.15. The van der Waals surface area contributed by atoms with Crippen molar-refractivity contribution in [1.29, 1.82) is 0 Å². The van der Waals surface area contributed by atoms with Gasteiger partial charge in [-0.2, -0.15) is 0 Å². The lowest BCUT2D eigenvalue weighted by molar-refractivity contribution is 0.270. The van der Waals surface area contributed by atoms with E-state index >= 15 is 0 Å². The lowest BCUT2D eigenvalue weighted by Crippen LogP contribution is -2.46. The second-order valence-corrected chi connectivity index (χ2v) is 7.31. The van der Waals surface area contributed by atoms with E-state index in [1.165, 1.54) is 6.07 Å². The molecular formula is C22H32FIN6. The second-order valence-electron chi connectivity index (χ2n) is 7.31. The van der Waals surface area contributed by atoms with Crippen LogP contribution in [-0.2, 0) is 13.1 Å². The highest BCUT2D eigenvalue weighted by Crippen LogP contribution is 2.15. The van der Waals surface area contributed by atoms with Gasteiger partial charge in [-0.15, -0.1) is 24.0 Å². The molecule has 2 N–H and O–H groups in total. The Balaban J connectivity index is 0.00000320. The van der Waals surface area contributed by atoms with E-state index in [9.17, 15) is 4.39 Å². The normalized spacial score (nSPS) is 14.9. The number of halogens is 2. The number of aliphatic imine (C=N–C) groups is 1. The van der Waals surface area contributed by atoms with Gasteiger partial charge in [0.25, 0.3) is 0 Å². The number of aromatic nitrogens is 1. The van der Waals surface area contributed by atoms with Crippen molar-refractivity contribution in [1.82, 2.24) is 20.5 Å². The lowest BCUT2D eigenvalue weighted by Gasteiger charge is -2.34. The molecule has 1 aromatic carbocycles. The van der Waals surface area contributed by atoms with Crippen LogP contribution in [0, 0.1) is 12.7 Å². The van der Waals surface area contributed by atoms with Gasteiger partial charge in [-0.25, -0.2) is 9.37 Å². The molecule has 0 saturated carbocycles. The summed E-state index contributed by atoms with van der Waals surface area (Å²) in [5.41, 5.74) is 2.83. The quantitative estimate of drug-likeness (QED) is 0.344. The summed E-state index contributed by atoms with van der Waals surface area (Å²) in [6.07, 6.45) is 1.87. The number of likely N-dealkylation sites (N-methyl/N-ethyl adjacent to an activating group) is 1. The summed E-state index contributed by atoms with van der Waals surface area (Å²) in [4.78, 5) is 13.6. The first kappa shape index (κ1) is 24.3. The molecule has 0 bridgehead atoms. The number of pyridine rings is 1. The Morgan fingerprint density at radius 3 is 2.33 bits per heavy atom. The zero-order valence-corrected chi connectivity index (χ0v) is 20.3. The van der Waals surface area contributed by atoms with E-state index < -0.39 is 0 Å². The summed E-state index contributed by atoms with van der Waals surface area (Å²) >= 11 is 0. The SMILES string of the molecule is CCN1CCN(c2cc(CNC(=NC)NCc3ccc(F)c(C)c3)ccn2)CC1.I. The van der Waals surface area contributed by atoms with Gasteiger partial charge in [0.2, 0.25) is 0 Å². The molecule has 1 aliphatic heterocycles.